The van der Waals surface area contributed by atoms with Gasteiger partial charge in [0, 0.05) is 6.42 Å². The zero-order chi connectivity index (χ0) is 11.3. The number of hydrogen-bond acceptors (Lipinski definition) is 4. The Bertz CT molecular complexity index is 331. The molecule has 0 radical (unpaired) electrons. The summed E-state index contributed by atoms with van der Waals surface area (Å²) in [4.78, 5) is 11.4. The van der Waals surface area contributed by atoms with Crippen LogP contribution in [0.2, 0.25) is 0 Å². The summed E-state index contributed by atoms with van der Waals surface area (Å²) in [5, 5.41) is 0. The fourth-order valence-corrected chi connectivity index (χ4v) is 1.35. The van der Waals surface area contributed by atoms with E-state index in [0.717, 1.165) is 18.6 Å². The largest absolute Gasteiger partial charge is 0.465 e. The fourth-order valence-electron chi connectivity index (χ4n) is 1.35. The average molecular weight is 211 g/mol. The van der Waals surface area contributed by atoms with Crippen LogP contribution in [0.1, 0.15) is 35.2 Å². The predicted octanol–water partition coefficient (Wildman–Crippen LogP) is 1.66. The maximum absolute atomic E-state index is 11.4. The third kappa shape index (κ3) is 3.09. The Kier molecular flexibility index (Phi) is 4.37. The minimum Gasteiger partial charge on any atom is -0.465 e. The number of furan rings is 1. The smallest absolute Gasteiger partial charge is 0.341 e. The van der Waals surface area contributed by atoms with Crippen LogP contribution in [0.5, 0.6) is 0 Å². The van der Waals surface area contributed by atoms with Gasteiger partial charge in [-0.05, 0) is 32.9 Å². The van der Waals surface area contributed by atoms with E-state index in [2.05, 4.69) is 0 Å². The molecule has 0 aromatic carbocycles. The van der Waals surface area contributed by atoms with Crippen molar-refractivity contribution in [3.63, 3.8) is 0 Å². The molecular formula is C11H17NO3. The van der Waals surface area contributed by atoms with Crippen molar-refractivity contribution in [2.24, 2.45) is 5.73 Å². The Morgan fingerprint density at radius 2 is 2.33 bits per heavy atom. The van der Waals surface area contributed by atoms with Gasteiger partial charge < -0.3 is 14.9 Å². The number of nitrogens with two attached hydrogens (primary N) is 1. The first-order valence-electron chi connectivity index (χ1n) is 5.15. The SMILES string of the molecule is CCOC(=O)c1cc(CCCN)oc1C. The van der Waals surface area contributed by atoms with Crippen LogP contribution in [0.25, 0.3) is 0 Å². The third-order valence-corrected chi connectivity index (χ3v) is 2.09. The van der Waals surface area contributed by atoms with Crippen LogP contribution in [-0.2, 0) is 11.2 Å². The van der Waals surface area contributed by atoms with Gasteiger partial charge >= 0.3 is 5.97 Å². The molecule has 84 valence electrons. The number of aryl methyl sites for hydroxylation is 2. The lowest BCUT2D eigenvalue weighted by molar-refractivity contribution is 0.0524. The minimum absolute atomic E-state index is 0.322. The molecular weight excluding hydrogens is 194 g/mol. The normalized spacial score (nSPS) is 10.3. The number of rotatable bonds is 5. The molecule has 0 unspecified atom stereocenters. The summed E-state index contributed by atoms with van der Waals surface area (Å²) in [6.07, 6.45) is 1.62. The maximum atomic E-state index is 11.4. The molecule has 0 bridgehead atoms. The van der Waals surface area contributed by atoms with Gasteiger partial charge in [-0.2, -0.15) is 0 Å². The van der Waals surface area contributed by atoms with E-state index in [-0.39, 0.29) is 5.97 Å². The van der Waals surface area contributed by atoms with Crippen LogP contribution in [0.15, 0.2) is 10.5 Å². The molecule has 0 fully saturated rings. The van der Waals surface area contributed by atoms with E-state index in [1.165, 1.54) is 0 Å². The molecule has 0 atom stereocenters. The van der Waals surface area contributed by atoms with Crippen molar-refractivity contribution < 1.29 is 13.9 Å². The lowest BCUT2D eigenvalue weighted by Crippen LogP contribution is -2.04. The summed E-state index contributed by atoms with van der Waals surface area (Å²) in [5.74, 6) is 1.08. The highest BCUT2D eigenvalue weighted by Crippen LogP contribution is 2.16. The molecule has 0 saturated carbocycles. The van der Waals surface area contributed by atoms with Crippen molar-refractivity contribution in [2.45, 2.75) is 26.7 Å². The number of carbonyl (C=O) groups is 1. The monoisotopic (exact) mass is 211 g/mol. The van der Waals surface area contributed by atoms with Crippen molar-refractivity contribution in [2.75, 3.05) is 13.2 Å². The second-order valence-electron chi connectivity index (χ2n) is 3.30. The van der Waals surface area contributed by atoms with Gasteiger partial charge in [0.2, 0.25) is 0 Å². The third-order valence-electron chi connectivity index (χ3n) is 2.09. The average Bonchev–Trinajstić information content (AvgIpc) is 2.57. The van der Waals surface area contributed by atoms with Crippen molar-refractivity contribution in [3.8, 4) is 0 Å². The second kappa shape index (κ2) is 5.56. The van der Waals surface area contributed by atoms with Gasteiger partial charge in [0.05, 0.1) is 6.61 Å². The van der Waals surface area contributed by atoms with Gasteiger partial charge in [-0.25, -0.2) is 4.79 Å². The highest BCUT2D eigenvalue weighted by atomic mass is 16.5. The second-order valence-corrected chi connectivity index (χ2v) is 3.30. The van der Waals surface area contributed by atoms with E-state index < -0.39 is 0 Å². The van der Waals surface area contributed by atoms with Crippen molar-refractivity contribution in [1.82, 2.24) is 0 Å². The highest BCUT2D eigenvalue weighted by Gasteiger charge is 2.15. The van der Waals surface area contributed by atoms with Gasteiger partial charge in [-0.3, -0.25) is 0 Å². The van der Waals surface area contributed by atoms with Crippen LogP contribution in [0.4, 0.5) is 0 Å². The molecule has 2 N–H and O–H groups in total. The molecule has 0 aliphatic heterocycles. The van der Waals surface area contributed by atoms with E-state index in [1.807, 2.05) is 0 Å². The molecule has 1 aromatic heterocycles. The number of carbonyl (C=O) groups excluding carboxylic acids is 1. The first kappa shape index (κ1) is 11.8. The summed E-state index contributed by atoms with van der Waals surface area (Å²) < 4.78 is 10.3. The lowest BCUT2D eigenvalue weighted by atomic mass is 10.2. The van der Waals surface area contributed by atoms with Crippen molar-refractivity contribution in [3.05, 3.63) is 23.2 Å². The molecule has 0 saturated heterocycles. The Hall–Kier alpha value is -1.29. The molecule has 15 heavy (non-hydrogen) atoms. The predicted molar refractivity (Wildman–Crippen MR) is 56.8 cm³/mol. The molecule has 4 heteroatoms. The summed E-state index contributed by atoms with van der Waals surface area (Å²) >= 11 is 0. The zero-order valence-corrected chi connectivity index (χ0v) is 9.21. The van der Waals surface area contributed by atoms with E-state index >= 15 is 0 Å². The lowest BCUT2D eigenvalue weighted by Gasteiger charge is -1.97. The zero-order valence-electron chi connectivity index (χ0n) is 9.21. The number of hydrogen-bond donors (Lipinski definition) is 1. The van der Waals surface area contributed by atoms with Gasteiger partial charge in [0.1, 0.15) is 17.1 Å². The molecule has 1 rings (SSSR count). The van der Waals surface area contributed by atoms with E-state index in [0.29, 0.717) is 24.5 Å². The van der Waals surface area contributed by atoms with Gasteiger partial charge in [-0.1, -0.05) is 0 Å². The Morgan fingerprint density at radius 1 is 1.60 bits per heavy atom. The van der Waals surface area contributed by atoms with Crippen LogP contribution in [-0.4, -0.2) is 19.1 Å². The first-order valence-corrected chi connectivity index (χ1v) is 5.15. The Balaban J connectivity index is 2.72. The van der Waals surface area contributed by atoms with Crippen LogP contribution < -0.4 is 5.73 Å². The van der Waals surface area contributed by atoms with Crippen LogP contribution in [0.3, 0.4) is 0 Å². The van der Waals surface area contributed by atoms with Gasteiger partial charge in [0.25, 0.3) is 0 Å². The van der Waals surface area contributed by atoms with Crippen molar-refractivity contribution >= 4 is 5.97 Å². The van der Waals surface area contributed by atoms with Gasteiger partial charge in [-0.15, -0.1) is 0 Å². The summed E-state index contributed by atoms with van der Waals surface area (Å²) in [6.45, 7) is 4.54. The van der Waals surface area contributed by atoms with E-state index in [9.17, 15) is 4.79 Å². The Morgan fingerprint density at radius 3 is 2.93 bits per heavy atom. The summed E-state index contributed by atoms with van der Waals surface area (Å²) in [6, 6.07) is 1.74. The quantitative estimate of drug-likeness (QED) is 0.752. The molecule has 0 amide bonds. The van der Waals surface area contributed by atoms with E-state index in [4.69, 9.17) is 14.9 Å². The van der Waals surface area contributed by atoms with Crippen LogP contribution in [0, 0.1) is 6.92 Å². The molecule has 0 spiro atoms. The first-order chi connectivity index (χ1) is 7.19. The number of esters is 1. The minimum atomic E-state index is -0.322. The Labute approximate surface area is 89.4 Å². The van der Waals surface area contributed by atoms with E-state index in [1.54, 1.807) is 19.9 Å². The molecule has 0 aliphatic rings. The molecule has 1 heterocycles. The van der Waals surface area contributed by atoms with Gasteiger partial charge in [0.15, 0.2) is 0 Å². The maximum Gasteiger partial charge on any atom is 0.341 e. The standard InChI is InChI=1S/C11H17NO3/c1-3-14-11(13)10-7-9(5-4-6-12)15-8(10)2/h7H,3-6,12H2,1-2H3. The molecule has 1 aromatic rings. The fraction of sp³-hybridized carbons (Fsp3) is 0.545. The van der Waals surface area contributed by atoms with Crippen LogP contribution >= 0.6 is 0 Å². The van der Waals surface area contributed by atoms with Crippen molar-refractivity contribution in [1.29, 1.82) is 0 Å². The summed E-state index contributed by atoms with van der Waals surface area (Å²) in [5.41, 5.74) is 5.91. The number of ether oxygens (including phenoxy) is 1. The molecule has 0 aliphatic carbocycles. The topological polar surface area (TPSA) is 65.5 Å². The highest BCUT2D eigenvalue weighted by molar-refractivity contribution is 5.90. The summed E-state index contributed by atoms with van der Waals surface area (Å²) in [7, 11) is 0. The molecule has 4 nitrogen and oxygen atoms in total.